The van der Waals surface area contributed by atoms with Crippen molar-refractivity contribution in [3.05, 3.63) is 65.6 Å². The second-order valence-electron chi connectivity index (χ2n) is 8.99. The molecule has 1 amide bonds. The van der Waals surface area contributed by atoms with E-state index in [1.807, 2.05) is 0 Å². The minimum absolute atomic E-state index is 0.115. The number of halogens is 7. The van der Waals surface area contributed by atoms with Gasteiger partial charge in [0.15, 0.2) is 5.60 Å². The highest BCUT2D eigenvalue weighted by Gasteiger charge is 2.58. The maximum Gasteiger partial charge on any atom is 0.471 e. The Balaban J connectivity index is 1.82. The average Bonchev–Trinajstić information content (AvgIpc) is 3.36. The van der Waals surface area contributed by atoms with Crippen LogP contribution in [0.2, 0.25) is 0 Å². The Hall–Kier alpha value is -3.49. The first kappa shape index (κ1) is 29.1. The van der Waals surface area contributed by atoms with Gasteiger partial charge in [0.1, 0.15) is 18.0 Å². The highest BCUT2D eigenvalue weighted by atomic mass is 19.4. The van der Waals surface area contributed by atoms with Crippen LogP contribution in [0.3, 0.4) is 0 Å². The molecule has 2 atom stereocenters. The van der Waals surface area contributed by atoms with Crippen molar-refractivity contribution in [2.45, 2.75) is 44.0 Å². The van der Waals surface area contributed by atoms with Gasteiger partial charge in [0.25, 0.3) is 5.92 Å². The summed E-state index contributed by atoms with van der Waals surface area (Å²) < 4.78 is 98.5. The van der Waals surface area contributed by atoms with Gasteiger partial charge in [0.05, 0.1) is 6.54 Å². The summed E-state index contributed by atoms with van der Waals surface area (Å²) in [6.45, 7) is -0.314. The normalized spacial score (nSPS) is 18.6. The van der Waals surface area contributed by atoms with E-state index in [2.05, 4.69) is 15.5 Å². The van der Waals surface area contributed by atoms with Crippen molar-refractivity contribution in [2.75, 3.05) is 13.1 Å². The molecule has 2 unspecified atom stereocenters. The Morgan fingerprint density at radius 2 is 1.87 bits per heavy atom. The summed E-state index contributed by atoms with van der Waals surface area (Å²) in [5.41, 5.74) is 1.88. The lowest BCUT2D eigenvalue weighted by molar-refractivity contribution is -0.215. The van der Waals surface area contributed by atoms with E-state index in [1.165, 1.54) is 6.08 Å². The Morgan fingerprint density at radius 1 is 1.21 bits per heavy atom. The minimum Gasteiger partial charge on any atom is -0.404 e. The number of nitrogens with two attached hydrogens (primary N) is 1. The summed E-state index contributed by atoms with van der Waals surface area (Å²) in [5, 5.41) is 21.3. The lowest BCUT2D eigenvalue weighted by Gasteiger charge is -2.39. The molecule has 1 fully saturated rings. The number of carbonyl (C=O) groups excluding carboxylic acids is 1. The van der Waals surface area contributed by atoms with E-state index in [0.717, 1.165) is 36.3 Å². The van der Waals surface area contributed by atoms with Crippen LogP contribution in [0.4, 0.5) is 30.7 Å². The number of hydrogen-bond donors (Lipinski definition) is 2. The van der Waals surface area contributed by atoms with Crippen LogP contribution < -0.4 is 5.73 Å². The third-order valence-electron chi connectivity index (χ3n) is 6.55. The second kappa shape index (κ2) is 11.1. The van der Waals surface area contributed by atoms with Crippen LogP contribution in [0.1, 0.15) is 25.3 Å². The SMILES string of the molecule is CC(/C=C\C(=CN)C1CCN(C(=O)C(F)(F)F)CC1)C(F)(F)C(O)(Cn1cnnn1)c1ccc(F)cc1F. The second-order valence-corrected chi connectivity index (χ2v) is 8.99. The molecule has 15 heteroatoms. The molecule has 208 valence electrons. The first-order chi connectivity index (χ1) is 17.7. The molecular formula is C23H25F7N6O2. The molecular weight excluding hydrogens is 525 g/mol. The van der Waals surface area contributed by atoms with Gasteiger partial charge >= 0.3 is 12.1 Å². The fourth-order valence-electron chi connectivity index (χ4n) is 4.36. The lowest BCUT2D eigenvalue weighted by Crippen LogP contribution is -2.52. The summed E-state index contributed by atoms with van der Waals surface area (Å²) in [7, 11) is 0. The highest BCUT2D eigenvalue weighted by Crippen LogP contribution is 2.45. The highest BCUT2D eigenvalue weighted by molar-refractivity contribution is 5.81. The molecule has 1 aliphatic rings. The van der Waals surface area contributed by atoms with E-state index in [4.69, 9.17) is 5.73 Å². The monoisotopic (exact) mass is 550 g/mol. The van der Waals surface area contributed by atoms with Crippen LogP contribution in [-0.2, 0) is 16.9 Å². The summed E-state index contributed by atoms with van der Waals surface area (Å²) in [5.74, 6) is -10.6. The van der Waals surface area contributed by atoms with Gasteiger partial charge in [0.2, 0.25) is 0 Å². The molecule has 38 heavy (non-hydrogen) atoms. The number of carbonyl (C=O) groups is 1. The molecule has 2 heterocycles. The lowest BCUT2D eigenvalue weighted by atomic mass is 9.80. The molecule has 1 aromatic carbocycles. The number of nitrogens with zero attached hydrogens (tertiary/aromatic N) is 5. The van der Waals surface area contributed by atoms with Crippen LogP contribution in [0, 0.1) is 23.5 Å². The molecule has 8 nitrogen and oxygen atoms in total. The van der Waals surface area contributed by atoms with Crippen molar-refractivity contribution in [1.82, 2.24) is 25.1 Å². The van der Waals surface area contributed by atoms with Gasteiger partial charge in [-0.15, -0.1) is 5.10 Å². The standard InChI is InChI=1S/C23H25F7N6O2/c1-14(2-3-16(11-31)15-6-8-35(9-7-15)20(37)23(28,29)30)22(26,27)21(38,12-36-13-32-33-34-36)18-5-4-17(24)10-19(18)25/h2-5,10-11,13-15,38H,6-9,12,31H2,1H3/b3-2-,16-11?. The van der Waals surface area contributed by atoms with Crippen molar-refractivity contribution in [1.29, 1.82) is 0 Å². The van der Waals surface area contributed by atoms with Crippen LogP contribution in [0.25, 0.3) is 0 Å². The Kier molecular flexibility index (Phi) is 8.48. The van der Waals surface area contributed by atoms with Crippen LogP contribution in [-0.4, -0.2) is 61.3 Å². The molecule has 1 aliphatic heterocycles. The van der Waals surface area contributed by atoms with E-state index in [-0.39, 0.29) is 25.9 Å². The zero-order chi connectivity index (χ0) is 28.3. The van der Waals surface area contributed by atoms with Crippen molar-refractivity contribution < 1.29 is 40.6 Å². The molecule has 1 saturated heterocycles. The van der Waals surface area contributed by atoms with Crippen LogP contribution in [0.15, 0.2) is 48.5 Å². The van der Waals surface area contributed by atoms with Crippen molar-refractivity contribution in [2.24, 2.45) is 17.6 Å². The molecule has 1 aromatic heterocycles. The molecule has 0 saturated carbocycles. The predicted molar refractivity (Wildman–Crippen MR) is 119 cm³/mol. The predicted octanol–water partition coefficient (Wildman–Crippen LogP) is 3.31. The van der Waals surface area contributed by atoms with Crippen molar-refractivity contribution >= 4 is 5.91 Å². The smallest absolute Gasteiger partial charge is 0.404 e. The molecule has 0 bridgehead atoms. The third kappa shape index (κ3) is 5.97. The third-order valence-corrected chi connectivity index (χ3v) is 6.55. The van der Waals surface area contributed by atoms with Gasteiger partial charge < -0.3 is 15.7 Å². The molecule has 0 aliphatic carbocycles. The van der Waals surface area contributed by atoms with Gasteiger partial charge in [-0.2, -0.15) is 13.2 Å². The zero-order valence-electron chi connectivity index (χ0n) is 20.0. The number of aromatic nitrogens is 4. The number of allylic oxidation sites excluding steroid dienone is 3. The summed E-state index contributed by atoms with van der Waals surface area (Å²) >= 11 is 0. The van der Waals surface area contributed by atoms with E-state index in [9.17, 15) is 31.9 Å². The number of benzene rings is 1. The molecule has 3 rings (SSSR count). The largest absolute Gasteiger partial charge is 0.471 e. The van der Waals surface area contributed by atoms with Gasteiger partial charge in [0, 0.05) is 30.6 Å². The quantitative estimate of drug-likeness (QED) is 0.386. The van der Waals surface area contributed by atoms with Crippen molar-refractivity contribution in [3.8, 4) is 0 Å². The number of tetrazole rings is 1. The number of piperidine rings is 1. The van der Waals surface area contributed by atoms with E-state index in [0.29, 0.717) is 22.6 Å². The Labute approximate surface area is 212 Å². The van der Waals surface area contributed by atoms with Gasteiger partial charge in [-0.05, 0) is 53.1 Å². The first-order valence-corrected chi connectivity index (χ1v) is 11.4. The zero-order valence-corrected chi connectivity index (χ0v) is 20.0. The number of alkyl halides is 5. The van der Waals surface area contributed by atoms with Crippen molar-refractivity contribution in [3.63, 3.8) is 0 Å². The Morgan fingerprint density at radius 3 is 2.39 bits per heavy atom. The fourth-order valence-corrected chi connectivity index (χ4v) is 4.36. The maximum atomic E-state index is 15.8. The Bertz CT molecular complexity index is 1180. The maximum absolute atomic E-state index is 15.8. The average molecular weight is 550 g/mol. The molecule has 2 aromatic rings. The number of hydrogen-bond acceptors (Lipinski definition) is 6. The van der Waals surface area contributed by atoms with E-state index < -0.39 is 59.2 Å². The fraction of sp³-hybridized carbons (Fsp3) is 0.478. The van der Waals surface area contributed by atoms with E-state index in [1.54, 1.807) is 0 Å². The number of rotatable bonds is 8. The number of likely N-dealkylation sites (tertiary alicyclic amines) is 1. The number of aliphatic hydroxyl groups is 1. The van der Waals surface area contributed by atoms with Gasteiger partial charge in [-0.1, -0.05) is 19.1 Å². The molecule has 0 spiro atoms. The summed E-state index contributed by atoms with van der Waals surface area (Å²) in [6, 6.07) is 1.80. The summed E-state index contributed by atoms with van der Waals surface area (Å²) in [4.78, 5) is 12.1. The summed E-state index contributed by atoms with van der Waals surface area (Å²) in [6.07, 6.45) is -0.424. The van der Waals surface area contributed by atoms with E-state index >= 15 is 8.78 Å². The first-order valence-electron chi connectivity index (χ1n) is 11.4. The van der Waals surface area contributed by atoms with Crippen LogP contribution >= 0.6 is 0 Å². The van der Waals surface area contributed by atoms with Gasteiger partial charge in [-0.3, -0.25) is 4.79 Å². The van der Waals surface area contributed by atoms with Gasteiger partial charge in [-0.25, -0.2) is 22.2 Å². The minimum atomic E-state index is -5.00. The molecule has 3 N–H and O–H groups in total. The van der Waals surface area contributed by atoms with Crippen LogP contribution in [0.5, 0.6) is 0 Å². The molecule has 0 radical (unpaired) electrons. The number of amides is 1. The topological polar surface area (TPSA) is 110 Å².